The summed E-state index contributed by atoms with van der Waals surface area (Å²) in [4.78, 5) is 27.2. The van der Waals surface area contributed by atoms with Crippen LogP contribution >= 0.6 is 0 Å². The molecule has 1 aromatic carbocycles. The number of benzene rings is 1. The van der Waals surface area contributed by atoms with Gasteiger partial charge in [0.05, 0.1) is 11.2 Å². The number of hydrogen-bond donors (Lipinski definition) is 2. The first kappa shape index (κ1) is 27.3. The molecule has 6 nitrogen and oxygen atoms in total. The second kappa shape index (κ2) is 10.5. The maximum atomic E-state index is 13.9. The number of nitrogens with one attached hydrogen (secondary N) is 1. The molecule has 186 valence electrons. The van der Waals surface area contributed by atoms with Crippen molar-refractivity contribution in [1.82, 2.24) is 10.3 Å². The van der Waals surface area contributed by atoms with Crippen molar-refractivity contribution >= 4 is 28.9 Å². The Morgan fingerprint density at radius 3 is 2.26 bits per heavy atom. The summed E-state index contributed by atoms with van der Waals surface area (Å²) in [5.41, 5.74) is 0.339. The lowest BCUT2D eigenvalue weighted by atomic mass is 9.82. The van der Waals surface area contributed by atoms with E-state index < -0.39 is 47.6 Å². The van der Waals surface area contributed by atoms with Gasteiger partial charge in [-0.2, -0.15) is 13.2 Å². The van der Waals surface area contributed by atoms with Crippen molar-refractivity contribution in [2.45, 2.75) is 65.9 Å². The summed E-state index contributed by atoms with van der Waals surface area (Å²) in [6.07, 6.45) is -2.22. The Kier molecular flexibility index (Phi) is 8.47. The molecule has 0 aliphatic carbocycles. The average molecular weight is 481 g/mol. The number of carbonyl (C=O) groups excluding carboxylic acids is 1. The van der Waals surface area contributed by atoms with Crippen LogP contribution in [0, 0.1) is 11.3 Å². The summed E-state index contributed by atoms with van der Waals surface area (Å²) in [5.74, 6) is -2.29. The molecule has 3 atom stereocenters. The molecule has 0 fully saturated rings. The van der Waals surface area contributed by atoms with Gasteiger partial charge < -0.3 is 9.84 Å². The molecule has 2 rings (SSSR count). The van der Waals surface area contributed by atoms with Crippen LogP contribution in [0.2, 0.25) is 0 Å². The lowest BCUT2D eigenvalue weighted by molar-refractivity contribution is -0.178. The quantitative estimate of drug-likeness (QED) is 0.459. The van der Waals surface area contributed by atoms with Crippen molar-refractivity contribution in [3.8, 4) is 0 Å². The molecule has 1 heterocycles. The Hall–Kier alpha value is -2.94. The number of pyridine rings is 1. The molecule has 0 saturated carbocycles. The Morgan fingerprint density at radius 2 is 1.74 bits per heavy atom. The molecule has 0 aliphatic heterocycles. The van der Waals surface area contributed by atoms with Crippen molar-refractivity contribution in [1.29, 1.82) is 0 Å². The predicted octanol–water partition coefficient (Wildman–Crippen LogP) is 5.53. The Labute approximate surface area is 197 Å². The van der Waals surface area contributed by atoms with Crippen LogP contribution in [0.5, 0.6) is 0 Å². The Morgan fingerprint density at radius 1 is 1.12 bits per heavy atom. The minimum atomic E-state index is -4.66. The molecule has 9 heteroatoms. The van der Waals surface area contributed by atoms with E-state index in [1.807, 2.05) is 6.07 Å². The molecule has 0 unspecified atom stereocenters. The topological polar surface area (TPSA) is 88.5 Å². The van der Waals surface area contributed by atoms with Crippen LogP contribution < -0.4 is 5.32 Å². The normalized spacial score (nSPS) is 15.5. The second-order valence-electron chi connectivity index (χ2n) is 9.30. The van der Waals surface area contributed by atoms with Gasteiger partial charge >= 0.3 is 18.1 Å². The number of aromatic nitrogens is 1. The van der Waals surface area contributed by atoms with Gasteiger partial charge in [0.1, 0.15) is 18.2 Å². The molecule has 0 aliphatic rings. The number of ether oxygens (including phenoxy) is 1. The van der Waals surface area contributed by atoms with Crippen LogP contribution in [0.25, 0.3) is 17.0 Å². The number of esters is 1. The zero-order valence-corrected chi connectivity index (χ0v) is 20.1. The number of halogens is 3. The van der Waals surface area contributed by atoms with Gasteiger partial charge in [0.2, 0.25) is 0 Å². The van der Waals surface area contributed by atoms with Gasteiger partial charge in [-0.3, -0.25) is 14.9 Å². The van der Waals surface area contributed by atoms with Gasteiger partial charge in [-0.1, -0.05) is 58.0 Å². The zero-order chi connectivity index (χ0) is 25.8. The molecule has 0 amide bonds. The van der Waals surface area contributed by atoms with Crippen molar-refractivity contribution in [3.63, 3.8) is 0 Å². The molecular weight excluding hydrogens is 449 g/mol. The number of rotatable bonds is 9. The number of carbonyl (C=O) groups is 2. The van der Waals surface area contributed by atoms with E-state index in [-0.39, 0.29) is 0 Å². The van der Waals surface area contributed by atoms with Gasteiger partial charge in [0, 0.05) is 17.7 Å². The molecule has 0 radical (unpaired) electrons. The number of carboxylic acids is 1. The Bertz CT molecular complexity index is 1060. The standard InChI is InChI=1S/C25H31F3N2O4/c1-14(2)21(22(32)33)30-23(25(26,27)28)24(5,6)12-11-17-7-8-18-9-10-19(29-20(18)13-17)15(3)34-16(4)31/h7-15,21,23,30H,1-6H3,(H,32,33)/b12-11+/t15-,21+,23+/m1/s1. The number of aliphatic carboxylic acids is 1. The number of fused-ring (bicyclic) bond motifs is 1. The first-order valence-corrected chi connectivity index (χ1v) is 10.9. The molecule has 0 bridgehead atoms. The van der Waals surface area contributed by atoms with Crippen LogP contribution in [-0.4, -0.2) is 40.3 Å². The van der Waals surface area contributed by atoms with Crippen molar-refractivity contribution < 1.29 is 32.6 Å². The van der Waals surface area contributed by atoms with Gasteiger partial charge in [0.25, 0.3) is 0 Å². The lowest BCUT2D eigenvalue weighted by Crippen LogP contribution is -2.58. The van der Waals surface area contributed by atoms with E-state index in [0.717, 1.165) is 5.39 Å². The fourth-order valence-electron chi connectivity index (χ4n) is 3.66. The molecule has 0 saturated heterocycles. The molecule has 2 N–H and O–H groups in total. The van der Waals surface area contributed by atoms with Gasteiger partial charge in [-0.15, -0.1) is 0 Å². The van der Waals surface area contributed by atoms with Crippen LogP contribution in [-0.2, 0) is 14.3 Å². The van der Waals surface area contributed by atoms with E-state index in [2.05, 4.69) is 10.3 Å². The summed E-state index contributed by atoms with van der Waals surface area (Å²) in [6, 6.07) is 5.45. The smallest absolute Gasteiger partial charge is 0.404 e. The first-order chi connectivity index (χ1) is 15.6. The van der Waals surface area contributed by atoms with E-state index in [1.165, 1.54) is 26.8 Å². The van der Waals surface area contributed by atoms with Gasteiger partial charge in [-0.25, -0.2) is 4.98 Å². The summed E-state index contributed by atoms with van der Waals surface area (Å²) >= 11 is 0. The van der Waals surface area contributed by atoms with E-state index in [1.54, 1.807) is 51.1 Å². The van der Waals surface area contributed by atoms with E-state index >= 15 is 0 Å². The van der Waals surface area contributed by atoms with Crippen LogP contribution in [0.3, 0.4) is 0 Å². The maximum Gasteiger partial charge on any atom is 0.404 e. The van der Waals surface area contributed by atoms with Crippen LogP contribution in [0.15, 0.2) is 36.4 Å². The highest BCUT2D eigenvalue weighted by molar-refractivity contribution is 5.81. The summed E-state index contributed by atoms with van der Waals surface area (Å²) < 4.78 is 46.9. The summed E-state index contributed by atoms with van der Waals surface area (Å²) in [5, 5.41) is 12.5. The highest BCUT2D eigenvalue weighted by Crippen LogP contribution is 2.36. The zero-order valence-electron chi connectivity index (χ0n) is 20.1. The second-order valence-corrected chi connectivity index (χ2v) is 9.30. The van der Waals surface area contributed by atoms with Crippen molar-refractivity contribution in [2.24, 2.45) is 11.3 Å². The summed E-state index contributed by atoms with van der Waals surface area (Å²) in [6.45, 7) is 8.94. The molecule has 0 spiro atoms. The fourth-order valence-corrected chi connectivity index (χ4v) is 3.66. The third kappa shape index (κ3) is 7.03. The highest BCUT2D eigenvalue weighted by atomic mass is 19.4. The monoisotopic (exact) mass is 480 g/mol. The number of hydrogen-bond acceptors (Lipinski definition) is 5. The molecule has 2 aromatic rings. The highest BCUT2D eigenvalue weighted by Gasteiger charge is 2.49. The van der Waals surface area contributed by atoms with Crippen molar-refractivity contribution in [3.05, 3.63) is 47.7 Å². The van der Waals surface area contributed by atoms with Crippen molar-refractivity contribution in [2.75, 3.05) is 0 Å². The van der Waals surface area contributed by atoms with Crippen LogP contribution in [0.1, 0.15) is 58.9 Å². The number of nitrogens with zero attached hydrogens (tertiary/aromatic N) is 1. The third-order valence-electron chi connectivity index (χ3n) is 5.55. The first-order valence-electron chi connectivity index (χ1n) is 10.9. The minimum absolute atomic E-state index is 0.427. The average Bonchev–Trinajstić information content (AvgIpc) is 2.69. The van der Waals surface area contributed by atoms with Gasteiger partial charge in [0.15, 0.2) is 0 Å². The fraction of sp³-hybridized carbons (Fsp3) is 0.480. The Balaban J connectivity index is 2.36. The molecule has 1 aromatic heterocycles. The minimum Gasteiger partial charge on any atom is -0.480 e. The SMILES string of the molecule is CC(=O)O[C@H](C)c1ccc2ccc(/C=C/C(C)(C)[C@H](N[C@H](C(=O)O)C(C)C)C(F)(F)F)cc2n1. The third-order valence-corrected chi connectivity index (χ3v) is 5.55. The van der Waals surface area contributed by atoms with E-state index in [9.17, 15) is 27.9 Å². The predicted molar refractivity (Wildman–Crippen MR) is 124 cm³/mol. The maximum absolute atomic E-state index is 13.9. The van der Waals surface area contributed by atoms with E-state index in [0.29, 0.717) is 16.8 Å². The van der Waals surface area contributed by atoms with E-state index in [4.69, 9.17) is 4.74 Å². The summed E-state index contributed by atoms with van der Waals surface area (Å²) in [7, 11) is 0. The van der Waals surface area contributed by atoms with Gasteiger partial charge in [-0.05, 0) is 30.5 Å². The molecular formula is C25H31F3N2O4. The molecule has 34 heavy (non-hydrogen) atoms. The number of carboxylic acid groups (broad SMARTS) is 1. The lowest BCUT2D eigenvalue weighted by Gasteiger charge is -2.36. The van der Waals surface area contributed by atoms with Crippen LogP contribution in [0.4, 0.5) is 13.2 Å². The largest absolute Gasteiger partial charge is 0.480 e. The number of alkyl halides is 3.